The van der Waals surface area contributed by atoms with E-state index >= 15 is 0 Å². The van der Waals surface area contributed by atoms with Gasteiger partial charge in [0.05, 0.1) is 0 Å². The number of allylic oxidation sites excluding steroid dienone is 1. The lowest BCUT2D eigenvalue weighted by atomic mass is 9.76. The molecule has 0 radical (unpaired) electrons. The molecule has 0 spiro atoms. The number of primary amides is 1. The van der Waals surface area contributed by atoms with Crippen LogP contribution in [-0.4, -0.2) is 12.2 Å². The summed E-state index contributed by atoms with van der Waals surface area (Å²) in [6.07, 6.45) is -1.06. The summed E-state index contributed by atoms with van der Waals surface area (Å²) in [6.45, 7) is 11.9. The molecule has 2 N–H and O–H groups in total. The van der Waals surface area contributed by atoms with Gasteiger partial charge in [-0.2, -0.15) is 0 Å². The first-order valence-corrected chi connectivity index (χ1v) is 5.98. The van der Waals surface area contributed by atoms with E-state index in [-0.39, 0.29) is 11.5 Å². The average Bonchev–Trinajstić information content (AvgIpc) is 2.28. The van der Waals surface area contributed by atoms with Crippen molar-refractivity contribution in [3.05, 3.63) is 42.0 Å². The number of hydrogen-bond donors (Lipinski definition) is 1. The third kappa shape index (κ3) is 2.92. The molecular weight excluding hydrogens is 226 g/mol. The first-order valence-electron chi connectivity index (χ1n) is 5.98. The van der Waals surface area contributed by atoms with Crippen molar-refractivity contribution in [3.8, 4) is 0 Å². The Morgan fingerprint density at radius 1 is 1.39 bits per heavy atom. The number of benzene rings is 1. The van der Waals surface area contributed by atoms with E-state index in [9.17, 15) is 4.79 Å². The fraction of sp³-hybridized carbons (Fsp3) is 0.400. The first-order chi connectivity index (χ1) is 8.26. The van der Waals surface area contributed by atoms with Crippen LogP contribution in [0.1, 0.15) is 38.8 Å². The highest BCUT2D eigenvalue weighted by Crippen LogP contribution is 2.33. The summed E-state index contributed by atoms with van der Waals surface area (Å²) in [4.78, 5) is 10.9. The molecule has 1 amide bonds. The van der Waals surface area contributed by atoms with Gasteiger partial charge in [0.1, 0.15) is 6.10 Å². The summed E-state index contributed by atoms with van der Waals surface area (Å²) in [7, 11) is 0. The number of carbonyl (C=O) groups is 1. The Morgan fingerprint density at radius 2 is 1.94 bits per heavy atom. The molecule has 98 valence electrons. The van der Waals surface area contributed by atoms with Crippen molar-refractivity contribution >= 4 is 11.7 Å². The van der Waals surface area contributed by atoms with Gasteiger partial charge in [-0.1, -0.05) is 50.3 Å². The zero-order valence-electron chi connectivity index (χ0n) is 11.5. The Hall–Kier alpha value is -1.77. The molecular formula is C15H21NO2. The van der Waals surface area contributed by atoms with Crippen LogP contribution in [0.4, 0.5) is 4.79 Å². The topological polar surface area (TPSA) is 52.3 Å². The van der Waals surface area contributed by atoms with Crippen LogP contribution in [0.3, 0.4) is 0 Å². The van der Waals surface area contributed by atoms with Crippen molar-refractivity contribution in [1.82, 2.24) is 0 Å². The van der Waals surface area contributed by atoms with Gasteiger partial charge in [0, 0.05) is 5.41 Å². The van der Waals surface area contributed by atoms with Crippen LogP contribution < -0.4 is 5.73 Å². The van der Waals surface area contributed by atoms with Gasteiger partial charge in [-0.05, 0) is 25.0 Å². The summed E-state index contributed by atoms with van der Waals surface area (Å²) in [5.41, 5.74) is 7.94. The maximum Gasteiger partial charge on any atom is 0.404 e. The number of ether oxygens (including phenoxy) is 1. The zero-order valence-corrected chi connectivity index (χ0v) is 11.5. The standard InChI is InChI=1S/C15H21NO2/c1-10(2)12-8-6-7-9-13(12)15(4,5)11(3)18-14(16)17/h6-9,11H,1H2,2-5H3,(H2,16,17). The molecule has 1 rings (SSSR count). The Bertz CT molecular complexity index is 463. The highest BCUT2D eigenvalue weighted by Gasteiger charge is 2.32. The molecule has 1 aromatic carbocycles. The monoisotopic (exact) mass is 247 g/mol. The summed E-state index contributed by atoms with van der Waals surface area (Å²) in [5, 5.41) is 0. The van der Waals surface area contributed by atoms with Gasteiger partial charge in [0.2, 0.25) is 0 Å². The smallest absolute Gasteiger partial charge is 0.404 e. The number of carbonyl (C=O) groups excluding carboxylic acids is 1. The number of amides is 1. The van der Waals surface area contributed by atoms with E-state index in [1.807, 2.05) is 52.0 Å². The predicted molar refractivity (Wildman–Crippen MR) is 74.3 cm³/mol. The van der Waals surface area contributed by atoms with Crippen molar-refractivity contribution in [2.45, 2.75) is 39.2 Å². The summed E-state index contributed by atoms with van der Waals surface area (Å²) < 4.78 is 5.11. The molecule has 0 aromatic heterocycles. The molecule has 0 bridgehead atoms. The molecule has 0 aliphatic heterocycles. The van der Waals surface area contributed by atoms with Crippen LogP contribution in [0.25, 0.3) is 5.57 Å². The lowest BCUT2D eigenvalue weighted by Crippen LogP contribution is -2.37. The third-order valence-corrected chi connectivity index (χ3v) is 3.39. The molecule has 3 heteroatoms. The molecule has 1 atom stereocenters. The van der Waals surface area contributed by atoms with E-state index < -0.39 is 6.09 Å². The SMILES string of the molecule is C=C(C)c1ccccc1C(C)(C)C(C)OC(N)=O. The van der Waals surface area contributed by atoms with Crippen molar-refractivity contribution in [2.75, 3.05) is 0 Å². The maximum atomic E-state index is 10.9. The Morgan fingerprint density at radius 3 is 2.44 bits per heavy atom. The minimum atomic E-state index is -0.747. The van der Waals surface area contributed by atoms with Gasteiger partial charge < -0.3 is 10.5 Å². The second kappa shape index (κ2) is 5.25. The highest BCUT2D eigenvalue weighted by molar-refractivity contribution is 5.67. The van der Waals surface area contributed by atoms with Crippen LogP contribution in [0.15, 0.2) is 30.8 Å². The zero-order chi connectivity index (χ0) is 13.9. The fourth-order valence-electron chi connectivity index (χ4n) is 1.96. The number of rotatable bonds is 4. The highest BCUT2D eigenvalue weighted by atomic mass is 16.6. The molecule has 0 heterocycles. The molecule has 0 fully saturated rings. The van der Waals surface area contributed by atoms with E-state index in [1.54, 1.807) is 0 Å². The summed E-state index contributed by atoms with van der Waals surface area (Å²) in [5.74, 6) is 0. The molecule has 18 heavy (non-hydrogen) atoms. The molecule has 0 aliphatic rings. The molecule has 0 saturated heterocycles. The first kappa shape index (κ1) is 14.3. The Labute approximate surface area is 109 Å². The van der Waals surface area contributed by atoms with Crippen molar-refractivity contribution in [1.29, 1.82) is 0 Å². The van der Waals surface area contributed by atoms with E-state index in [0.29, 0.717) is 0 Å². The quantitative estimate of drug-likeness (QED) is 0.885. The van der Waals surface area contributed by atoms with Crippen LogP contribution in [0.2, 0.25) is 0 Å². The van der Waals surface area contributed by atoms with E-state index in [4.69, 9.17) is 10.5 Å². The molecule has 1 unspecified atom stereocenters. The van der Waals surface area contributed by atoms with Crippen LogP contribution in [-0.2, 0) is 10.2 Å². The van der Waals surface area contributed by atoms with Gasteiger partial charge in [0.15, 0.2) is 0 Å². The minimum absolute atomic E-state index is 0.310. The van der Waals surface area contributed by atoms with E-state index in [2.05, 4.69) is 6.58 Å². The molecule has 1 aromatic rings. The minimum Gasteiger partial charge on any atom is -0.446 e. The fourth-order valence-corrected chi connectivity index (χ4v) is 1.96. The second-order valence-corrected chi connectivity index (χ2v) is 5.13. The van der Waals surface area contributed by atoms with Crippen molar-refractivity contribution in [2.24, 2.45) is 5.73 Å². The van der Waals surface area contributed by atoms with Crippen molar-refractivity contribution < 1.29 is 9.53 Å². The van der Waals surface area contributed by atoms with E-state index in [1.165, 1.54) is 0 Å². The third-order valence-electron chi connectivity index (χ3n) is 3.39. The van der Waals surface area contributed by atoms with Gasteiger partial charge in [-0.25, -0.2) is 4.79 Å². The number of hydrogen-bond acceptors (Lipinski definition) is 2. The largest absolute Gasteiger partial charge is 0.446 e. The normalized spacial score (nSPS) is 12.9. The van der Waals surface area contributed by atoms with Crippen LogP contribution >= 0.6 is 0 Å². The van der Waals surface area contributed by atoms with Gasteiger partial charge in [-0.15, -0.1) is 0 Å². The lowest BCUT2D eigenvalue weighted by molar-refractivity contribution is 0.0747. The Kier molecular flexibility index (Phi) is 4.17. The van der Waals surface area contributed by atoms with E-state index in [0.717, 1.165) is 16.7 Å². The maximum absolute atomic E-state index is 10.9. The molecule has 3 nitrogen and oxygen atoms in total. The Balaban J connectivity index is 3.19. The lowest BCUT2D eigenvalue weighted by Gasteiger charge is -2.33. The van der Waals surface area contributed by atoms with Crippen LogP contribution in [0.5, 0.6) is 0 Å². The van der Waals surface area contributed by atoms with Crippen molar-refractivity contribution in [3.63, 3.8) is 0 Å². The van der Waals surface area contributed by atoms with Gasteiger partial charge >= 0.3 is 6.09 Å². The molecule has 0 aliphatic carbocycles. The van der Waals surface area contributed by atoms with Gasteiger partial charge in [-0.3, -0.25) is 0 Å². The van der Waals surface area contributed by atoms with Gasteiger partial charge in [0.25, 0.3) is 0 Å². The summed E-state index contributed by atoms with van der Waals surface area (Å²) >= 11 is 0. The number of nitrogens with two attached hydrogens (primary N) is 1. The second-order valence-electron chi connectivity index (χ2n) is 5.13. The predicted octanol–water partition coefficient (Wildman–Crippen LogP) is 3.48. The summed E-state index contributed by atoms with van der Waals surface area (Å²) in [6, 6.07) is 8.00. The van der Waals surface area contributed by atoms with Crippen LogP contribution in [0, 0.1) is 0 Å². The molecule has 0 saturated carbocycles. The average molecular weight is 247 g/mol.